The quantitative estimate of drug-likeness (QED) is 0.765. The maximum Gasteiger partial charge on any atom is 0.199 e. The minimum Gasteiger partial charge on any atom is -0.508 e. The van der Waals surface area contributed by atoms with Gasteiger partial charge in [0.15, 0.2) is 5.78 Å². The number of benzene rings is 2. The second kappa shape index (κ2) is 6.11. The zero-order chi connectivity index (χ0) is 18.5. The molecule has 2 aromatic rings. The molecule has 0 saturated carbocycles. The predicted octanol–water partition coefficient (Wildman–Crippen LogP) is 5.13. The molecule has 2 aliphatic rings. The Kier molecular flexibility index (Phi) is 4.02. The highest BCUT2D eigenvalue weighted by Crippen LogP contribution is 2.42. The summed E-state index contributed by atoms with van der Waals surface area (Å²) in [4.78, 5) is 12.8. The summed E-state index contributed by atoms with van der Waals surface area (Å²) in [6.45, 7) is 3.82. The Hall–Kier alpha value is -2.36. The number of hydrogen-bond donors (Lipinski definition) is 1. The molecule has 2 aliphatic heterocycles. The SMILES string of the molecule is CCc1cc(-c2ccc(Cl)cc2)ccc1C1=C(O)C2(C)C=CC(O2)C1=O. The van der Waals surface area contributed by atoms with Crippen molar-refractivity contribution in [3.05, 3.63) is 76.5 Å². The average Bonchev–Trinajstić information content (AvgIpc) is 3.02. The Morgan fingerprint density at radius 3 is 2.54 bits per heavy atom. The molecule has 3 nitrogen and oxygen atoms in total. The third-order valence-corrected chi connectivity index (χ3v) is 5.36. The summed E-state index contributed by atoms with van der Waals surface area (Å²) in [5.41, 5.74) is 3.34. The fourth-order valence-electron chi connectivity index (χ4n) is 3.61. The van der Waals surface area contributed by atoms with Gasteiger partial charge in [0.25, 0.3) is 0 Å². The van der Waals surface area contributed by atoms with Gasteiger partial charge in [-0.15, -0.1) is 0 Å². The summed E-state index contributed by atoms with van der Waals surface area (Å²) >= 11 is 5.97. The van der Waals surface area contributed by atoms with Crippen molar-refractivity contribution >= 4 is 23.0 Å². The Labute approximate surface area is 157 Å². The van der Waals surface area contributed by atoms with Crippen molar-refractivity contribution in [2.75, 3.05) is 0 Å². The molecule has 2 unspecified atom stereocenters. The average molecular weight is 367 g/mol. The molecule has 0 aliphatic carbocycles. The smallest absolute Gasteiger partial charge is 0.199 e. The van der Waals surface area contributed by atoms with E-state index in [4.69, 9.17) is 16.3 Å². The van der Waals surface area contributed by atoms with Crippen LogP contribution in [0, 0.1) is 0 Å². The third kappa shape index (κ3) is 2.59. The first-order valence-corrected chi connectivity index (χ1v) is 9.05. The number of ether oxygens (including phenoxy) is 1. The van der Waals surface area contributed by atoms with E-state index in [1.807, 2.05) is 43.3 Å². The van der Waals surface area contributed by atoms with Gasteiger partial charge in [0.1, 0.15) is 17.5 Å². The van der Waals surface area contributed by atoms with Gasteiger partial charge in [-0.3, -0.25) is 4.79 Å². The fourth-order valence-corrected chi connectivity index (χ4v) is 3.73. The molecule has 1 N–H and O–H groups in total. The number of aliphatic hydroxyl groups excluding tert-OH is 1. The first-order chi connectivity index (χ1) is 12.4. The maximum atomic E-state index is 12.8. The molecule has 0 aromatic heterocycles. The molecule has 26 heavy (non-hydrogen) atoms. The van der Waals surface area contributed by atoms with Gasteiger partial charge in [-0.1, -0.05) is 48.9 Å². The lowest BCUT2D eigenvalue weighted by molar-refractivity contribution is -0.128. The molecule has 2 bridgehead atoms. The highest BCUT2D eigenvalue weighted by Gasteiger charge is 2.46. The molecule has 0 fully saturated rings. The van der Waals surface area contributed by atoms with Crippen LogP contribution in [0.5, 0.6) is 0 Å². The summed E-state index contributed by atoms with van der Waals surface area (Å²) in [6, 6.07) is 13.6. The van der Waals surface area contributed by atoms with E-state index in [9.17, 15) is 9.90 Å². The van der Waals surface area contributed by atoms with E-state index in [1.165, 1.54) is 0 Å². The first-order valence-electron chi connectivity index (χ1n) is 8.67. The van der Waals surface area contributed by atoms with E-state index in [1.54, 1.807) is 19.1 Å². The van der Waals surface area contributed by atoms with Gasteiger partial charge in [0.2, 0.25) is 0 Å². The minimum atomic E-state index is -0.923. The third-order valence-electron chi connectivity index (χ3n) is 5.11. The van der Waals surface area contributed by atoms with E-state index >= 15 is 0 Å². The van der Waals surface area contributed by atoms with Crippen LogP contribution in [0.3, 0.4) is 0 Å². The highest BCUT2D eigenvalue weighted by atomic mass is 35.5. The van der Waals surface area contributed by atoms with Crippen molar-refractivity contribution in [3.8, 4) is 11.1 Å². The molecule has 0 saturated heterocycles. The van der Waals surface area contributed by atoms with E-state index in [-0.39, 0.29) is 11.5 Å². The van der Waals surface area contributed by atoms with Crippen molar-refractivity contribution in [1.82, 2.24) is 0 Å². The number of ketones is 1. The molecule has 4 rings (SSSR count). The van der Waals surface area contributed by atoms with Crippen molar-refractivity contribution in [3.63, 3.8) is 0 Å². The molecule has 0 radical (unpaired) electrons. The van der Waals surface area contributed by atoms with Gasteiger partial charge >= 0.3 is 0 Å². The Balaban J connectivity index is 1.83. The maximum absolute atomic E-state index is 12.8. The summed E-state index contributed by atoms with van der Waals surface area (Å²) in [7, 11) is 0. The lowest BCUT2D eigenvalue weighted by Crippen LogP contribution is -2.38. The first kappa shape index (κ1) is 17.1. The number of aryl methyl sites for hydroxylation is 1. The zero-order valence-corrected chi connectivity index (χ0v) is 15.4. The molecule has 2 heterocycles. The van der Waals surface area contributed by atoms with Crippen LogP contribution in [0.2, 0.25) is 5.02 Å². The highest BCUT2D eigenvalue weighted by molar-refractivity contribution is 6.30. The van der Waals surface area contributed by atoms with Gasteiger partial charge in [0.05, 0.1) is 5.57 Å². The molecule has 0 amide bonds. The Morgan fingerprint density at radius 2 is 1.85 bits per heavy atom. The van der Waals surface area contributed by atoms with Gasteiger partial charge in [-0.2, -0.15) is 0 Å². The molecular formula is C22H19ClO3. The largest absolute Gasteiger partial charge is 0.508 e. The van der Waals surface area contributed by atoms with Crippen LogP contribution in [0.25, 0.3) is 16.7 Å². The number of carbonyl (C=O) groups excluding carboxylic acids is 1. The van der Waals surface area contributed by atoms with Crippen molar-refractivity contribution in [2.24, 2.45) is 0 Å². The number of fused-ring (bicyclic) bond motifs is 2. The van der Waals surface area contributed by atoms with E-state index in [0.29, 0.717) is 10.6 Å². The van der Waals surface area contributed by atoms with Gasteiger partial charge < -0.3 is 9.84 Å². The monoisotopic (exact) mass is 366 g/mol. The molecule has 4 heteroatoms. The van der Waals surface area contributed by atoms with Crippen molar-refractivity contribution in [1.29, 1.82) is 0 Å². The summed E-state index contributed by atoms with van der Waals surface area (Å²) in [6.07, 6.45) is 3.60. The summed E-state index contributed by atoms with van der Waals surface area (Å²) < 4.78 is 5.66. The lowest BCUT2D eigenvalue weighted by atomic mass is 9.86. The molecule has 0 spiro atoms. The zero-order valence-electron chi connectivity index (χ0n) is 14.6. The Morgan fingerprint density at radius 1 is 1.15 bits per heavy atom. The van der Waals surface area contributed by atoms with Crippen LogP contribution in [0.15, 0.2) is 60.4 Å². The second-order valence-corrected chi connectivity index (χ2v) is 7.26. The topological polar surface area (TPSA) is 46.5 Å². The standard InChI is InChI=1S/C22H19ClO3/c1-3-13-12-15(14-4-7-16(23)8-5-14)6-9-17(13)19-20(24)18-10-11-22(2,26-18)21(19)25/h4-12,18,25H,3H2,1-2H3. The molecular weight excluding hydrogens is 348 g/mol. The van der Waals surface area contributed by atoms with Crippen molar-refractivity contribution in [2.45, 2.75) is 32.0 Å². The normalized spacial score (nSPS) is 24.4. The molecule has 2 aromatic carbocycles. The minimum absolute atomic E-state index is 0.0126. The van der Waals surface area contributed by atoms with Gasteiger partial charge in [-0.25, -0.2) is 0 Å². The fraction of sp³-hybridized carbons (Fsp3) is 0.227. The lowest BCUT2D eigenvalue weighted by Gasteiger charge is -2.31. The van der Waals surface area contributed by atoms with Crippen LogP contribution < -0.4 is 0 Å². The number of halogens is 1. The summed E-state index contributed by atoms with van der Waals surface area (Å²) in [5, 5.41) is 11.4. The number of carbonyl (C=O) groups is 1. The van der Waals surface area contributed by atoms with Gasteiger partial charge in [-0.05, 0) is 59.9 Å². The molecule has 132 valence electrons. The van der Waals surface area contributed by atoms with Crippen molar-refractivity contribution < 1.29 is 14.6 Å². The number of rotatable bonds is 3. The second-order valence-electron chi connectivity index (χ2n) is 6.82. The van der Waals surface area contributed by atoms with Crippen LogP contribution in [0.4, 0.5) is 0 Å². The number of aliphatic hydroxyl groups is 1. The predicted molar refractivity (Wildman–Crippen MR) is 103 cm³/mol. The Bertz CT molecular complexity index is 956. The number of Topliss-reactive ketones (excluding diaryl/α,β-unsaturated/α-hetero) is 1. The van der Waals surface area contributed by atoms with Gasteiger partial charge in [0, 0.05) is 5.02 Å². The van der Waals surface area contributed by atoms with Crippen LogP contribution in [0.1, 0.15) is 25.0 Å². The van der Waals surface area contributed by atoms with Crippen LogP contribution in [-0.4, -0.2) is 22.6 Å². The number of hydrogen-bond acceptors (Lipinski definition) is 3. The summed E-state index contributed by atoms with van der Waals surface area (Å²) in [5.74, 6) is -0.205. The van der Waals surface area contributed by atoms with E-state index in [2.05, 4.69) is 6.07 Å². The van der Waals surface area contributed by atoms with E-state index in [0.717, 1.165) is 28.7 Å². The van der Waals surface area contributed by atoms with E-state index < -0.39 is 11.7 Å². The van der Waals surface area contributed by atoms with Crippen LogP contribution >= 0.6 is 11.6 Å². The van der Waals surface area contributed by atoms with Crippen LogP contribution in [-0.2, 0) is 16.0 Å². The molecule has 2 atom stereocenters.